The van der Waals surface area contributed by atoms with Gasteiger partial charge in [-0.25, -0.2) is 0 Å². The predicted molar refractivity (Wildman–Crippen MR) is 51.3 cm³/mol. The quantitative estimate of drug-likeness (QED) is 0.766. The van der Waals surface area contributed by atoms with Crippen LogP contribution in [0.1, 0.15) is 0 Å². The van der Waals surface area contributed by atoms with Gasteiger partial charge in [0.2, 0.25) is 0 Å². The first kappa shape index (κ1) is 10.1. The van der Waals surface area contributed by atoms with Crippen LogP contribution >= 0.6 is 38.5 Å². The molecule has 0 aliphatic carbocycles. The lowest BCUT2D eigenvalue weighted by atomic mass is 10.5. The first-order chi connectivity index (χ1) is 5.61. The number of nitrogens with zero attached hydrogens (tertiary/aromatic N) is 1. The van der Waals surface area contributed by atoms with Crippen molar-refractivity contribution in [1.82, 2.24) is 4.98 Å². The Bertz CT molecular complexity index is 284. The number of halogens is 4. The lowest BCUT2D eigenvalue weighted by Crippen LogP contribution is -2.03. The van der Waals surface area contributed by atoms with E-state index in [1.54, 1.807) is 6.20 Å². The Hall–Kier alpha value is 0.0200. The van der Waals surface area contributed by atoms with Gasteiger partial charge in [0.05, 0.1) is 10.7 Å². The number of pyridine rings is 1. The zero-order valence-electron chi connectivity index (χ0n) is 5.60. The third-order valence-electron chi connectivity index (χ3n) is 1.02. The van der Waals surface area contributed by atoms with Crippen molar-refractivity contribution in [2.75, 3.05) is 0 Å². The highest BCUT2D eigenvalue weighted by Crippen LogP contribution is 2.29. The Morgan fingerprint density at radius 1 is 1.50 bits per heavy atom. The SMILES string of the molecule is FC(F)Oc1cncc(I)c1Br. The van der Waals surface area contributed by atoms with Crippen LogP contribution in [0.4, 0.5) is 8.78 Å². The highest BCUT2D eigenvalue weighted by Gasteiger charge is 2.10. The molecular weight excluding hydrogens is 347 g/mol. The van der Waals surface area contributed by atoms with E-state index < -0.39 is 6.61 Å². The summed E-state index contributed by atoms with van der Waals surface area (Å²) >= 11 is 5.07. The molecule has 0 aliphatic heterocycles. The van der Waals surface area contributed by atoms with E-state index in [-0.39, 0.29) is 5.75 Å². The summed E-state index contributed by atoms with van der Waals surface area (Å²) in [7, 11) is 0. The van der Waals surface area contributed by atoms with Crippen LogP contribution < -0.4 is 4.74 Å². The van der Waals surface area contributed by atoms with Crippen LogP contribution in [-0.2, 0) is 0 Å². The van der Waals surface area contributed by atoms with Crippen molar-refractivity contribution < 1.29 is 13.5 Å². The van der Waals surface area contributed by atoms with Crippen LogP contribution in [0.5, 0.6) is 5.75 Å². The van der Waals surface area contributed by atoms with Gasteiger partial charge < -0.3 is 4.74 Å². The molecule has 0 unspecified atom stereocenters. The maximum absolute atomic E-state index is 11.8. The fourth-order valence-electron chi connectivity index (χ4n) is 0.580. The van der Waals surface area contributed by atoms with Crippen molar-refractivity contribution in [2.45, 2.75) is 6.61 Å². The molecule has 0 amide bonds. The van der Waals surface area contributed by atoms with Crippen LogP contribution in [0.2, 0.25) is 0 Å². The molecule has 0 saturated heterocycles. The van der Waals surface area contributed by atoms with Crippen LogP contribution in [0.3, 0.4) is 0 Å². The first-order valence-corrected chi connectivity index (χ1v) is 4.72. The summed E-state index contributed by atoms with van der Waals surface area (Å²) in [5, 5.41) is 0. The minimum atomic E-state index is -2.82. The van der Waals surface area contributed by atoms with Crippen LogP contribution in [0.15, 0.2) is 16.9 Å². The predicted octanol–water partition coefficient (Wildman–Crippen LogP) is 3.05. The van der Waals surface area contributed by atoms with Crippen molar-refractivity contribution in [3.05, 3.63) is 20.4 Å². The molecule has 0 aliphatic rings. The van der Waals surface area contributed by atoms with E-state index >= 15 is 0 Å². The summed E-state index contributed by atoms with van der Waals surface area (Å²) in [6.07, 6.45) is 2.78. The maximum Gasteiger partial charge on any atom is 0.387 e. The van der Waals surface area contributed by atoms with Gasteiger partial charge in [-0.15, -0.1) is 0 Å². The number of ether oxygens (including phenoxy) is 1. The van der Waals surface area contributed by atoms with Gasteiger partial charge in [0.15, 0.2) is 5.75 Å². The Labute approximate surface area is 89.6 Å². The van der Waals surface area contributed by atoms with Gasteiger partial charge in [0, 0.05) is 9.77 Å². The third-order valence-corrected chi connectivity index (χ3v) is 3.40. The van der Waals surface area contributed by atoms with E-state index in [1.165, 1.54) is 6.20 Å². The Morgan fingerprint density at radius 3 is 2.75 bits per heavy atom. The monoisotopic (exact) mass is 349 g/mol. The molecule has 0 fully saturated rings. The van der Waals surface area contributed by atoms with Gasteiger partial charge >= 0.3 is 6.61 Å². The first-order valence-electron chi connectivity index (χ1n) is 2.85. The highest BCUT2D eigenvalue weighted by atomic mass is 127. The van der Waals surface area contributed by atoms with E-state index in [0.29, 0.717) is 4.47 Å². The molecule has 0 bridgehead atoms. The van der Waals surface area contributed by atoms with Gasteiger partial charge in [-0.05, 0) is 38.5 Å². The van der Waals surface area contributed by atoms with E-state index in [0.717, 1.165) is 3.57 Å². The van der Waals surface area contributed by atoms with Gasteiger partial charge in [0.1, 0.15) is 0 Å². The summed E-state index contributed by atoms with van der Waals surface area (Å²) in [5.41, 5.74) is 0. The number of rotatable bonds is 2. The lowest BCUT2D eigenvalue weighted by molar-refractivity contribution is -0.0506. The molecule has 1 heterocycles. The fraction of sp³-hybridized carbons (Fsp3) is 0.167. The second-order valence-corrected chi connectivity index (χ2v) is 3.77. The molecule has 12 heavy (non-hydrogen) atoms. The molecule has 0 radical (unpaired) electrons. The summed E-state index contributed by atoms with van der Waals surface area (Å²) in [5.74, 6) is 0.0527. The van der Waals surface area contributed by atoms with Crippen molar-refractivity contribution in [2.24, 2.45) is 0 Å². The second kappa shape index (κ2) is 4.31. The van der Waals surface area contributed by atoms with E-state index in [2.05, 4.69) is 25.7 Å². The normalized spacial score (nSPS) is 10.4. The van der Waals surface area contributed by atoms with Gasteiger partial charge in [0.25, 0.3) is 0 Å². The number of aromatic nitrogens is 1. The Morgan fingerprint density at radius 2 is 2.17 bits per heavy atom. The van der Waals surface area contributed by atoms with E-state index in [4.69, 9.17) is 0 Å². The second-order valence-electron chi connectivity index (χ2n) is 1.81. The molecule has 0 N–H and O–H groups in total. The number of hydrogen-bond acceptors (Lipinski definition) is 2. The molecule has 0 spiro atoms. The standard InChI is InChI=1S/C6H3BrF2INO/c7-5-3(10)1-11-2-4(5)12-6(8)9/h1-2,6H. The third kappa shape index (κ3) is 2.51. The summed E-state index contributed by atoms with van der Waals surface area (Å²) in [4.78, 5) is 3.70. The molecule has 66 valence electrons. The Balaban J connectivity index is 2.92. The molecule has 2 nitrogen and oxygen atoms in total. The maximum atomic E-state index is 11.8. The number of hydrogen-bond donors (Lipinski definition) is 0. The molecular formula is C6H3BrF2INO. The molecule has 0 aromatic carbocycles. The molecule has 6 heteroatoms. The van der Waals surface area contributed by atoms with Crippen LogP contribution in [0.25, 0.3) is 0 Å². The topological polar surface area (TPSA) is 22.1 Å². The summed E-state index contributed by atoms with van der Waals surface area (Å²) in [6.45, 7) is -2.82. The minimum absolute atomic E-state index is 0.0527. The lowest BCUT2D eigenvalue weighted by Gasteiger charge is -2.06. The highest BCUT2D eigenvalue weighted by molar-refractivity contribution is 14.1. The molecule has 0 saturated carbocycles. The minimum Gasteiger partial charge on any atom is -0.432 e. The zero-order chi connectivity index (χ0) is 9.14. The number of alkyl halides is 2. The summed E-state index contributed by atoms with van der Waals surface area (Å²) in [6, 6.07) is 0. The van der Waals surface area contributed by atoms with Crippen molar-refractivity contribution in [3.63, 3.8) is 0 Å². The van der Waals surface area contributed by atoms with Crippen molar-refractivity contribution in [1.29, 1.82) is 0 Å². The van der Waals surface area contributed by atoms with Gasteiger partial charge in [-0.3, -0.25) is 4.98 Å². The van der Waals surface area contributed by atoms with Crippen molar-refractivity contribution in [3.8, 4) is 5.75 Å². The largest absolute Gasteiger partial charge is 0.432 e. The molecule has 0 atom stereocenters. The van der Waals surface area contributed by atoms with E-state index in [1.807, 2.05) is 22.6 Å². The van der Waals surface area contributed by atoms with Gasteiger partial charge in [-0.1, -0.05) is 0 Å². The average Bonchev–Trinajstić information content (AvgIpc) is 1.98. The van der Waals surface area contributed by atoms with Gasteiger partial charge in [-0.2, -0.15) is 8.78 Å². The molecule has 1 aromatic rings. The van der Waals surface area contributed by atoms with Crippen molar-refractivity contribution >= 4 is 38.5 Å². The smallest absolute Gasteiger partial charge is 0.387 e. The fourth-order valence-corrected chi connectivity index (χ4v) is 1.30. The van der Waals surface area contributed by atoms with Crippen LogP contribution in [0, 0.1) is 3.57 Å². The Kier molecular flexibility index (Phi) is 3.63. The zero-order valence-corrected chi connectivity index (χ0v) is 9.34. The van der Waals surface area contributed by atoms with Crippen LogP contribution in [-0.4, -0.2) is 11.6 Å². The molecule has 1 rings (SSSR count). The average molecular weight is 350 g/mol. The molecule has 1 aromatic heterocycles. The van der Waals surface area contributed by atoms with E-state index in [9.17, 15) is 8.78 Å². The summed E-state index contributed by atoms with van der Waals surface area (Å²) < 4.78 is 28.9.